The van der Waals surface area contributed by atoms with Gasteiger partial charge < -0.3 is 10.0 Å². The second-order valence-corrected chi connectivity index (χ2v) is 6.92. The number of hydrogen-bond donors (Lipinski definition) is 1. The van der Waals surface area contributed by atoms with Crippen molar-refractivity contribution in [2.24, 2.45) is 0 Å². The van der Waals surface area contributed by atoms with Crippen molar-refractivity contribution in [2.45, 2.75) is 71.4 Å². The SMILES string of the molecule is CC(C(=O)N1CCCCCC1)N(CCC(=O)O)C(C)(C)C. The lowest BCUT2D eigenvalue weighted by atomic mass is 10.0. The van der Waals surface area contributed by atoms with Crippen molar-refractivity contribution in [2.75, 3.05) is 19.6 Å². The molecule has 21 heavy (non-hydrogen) atoms. The molecule has 1 aliphatic heterocycles. The van der Waals surface area contributed by atoms with Gasteiger partial charge in [-0.2, -0.15) is 0 Å². The van der Waals surface area contributed by atoms with Gasteiger partial charge in [-0.25, -0.2) is 0 Å². The smallest absolute Gasteiger partial charge is 0.304 e. The minimum Gasteiger partial charge on any atom is -0.481 e. The number of carboxylic acid groups (broad SMARTS) is 1. The summed E-state index contributed by atoms with van der Waals surface area (Å²) in [6.07, 6.45) is 4.60. The van der Waals surface area contributed by atoms with Crippen LogP contribution < -0.4 is 0 Å². The van der Waals surface area contributed by atoms with Gasteiger partial charge in [-0.05, 0) is 40.5 Å². The molecule has 0 aromatic heterocycles. The summed E-state index contributed by atoms with van der Waals surface area (Å²) in [5.74, 6) is -0.684. The topological polar surface area (TPSA) is 60.9 Å². The molecule has 1 atom stereocenters. The minimum absolute atomic E-state index is 0.0644. The summed E-state index contributed by atoms with van der Waals surface area (Å²) in [5.41, 5.74) is -0.226. The van der Waals surface area contributed by atoms with Crippen LogP contribution in [0.5, 0.6) is 0 Å². The molecule has 1 saturated heterocycles. The zero-order chi connectivity index (χ0) is 16.0. The van der Waals surface area contributed by atoms with Gasteiger partial charge in [-0.1, -0.05) is 12.8 Å². The van der Waals surface area contributed by atoms with E-state index in [-0.39, 0.29) is 23.9 Å². The Kier molecular flexibility index (Phi) is 6.65. The molecule has 1 unspecified atom stereocenters. The van der Waals surface area contributed by atoms with Gasteiger partial charge in [0, 0.05) is 25.2 Å². The van der Waals surface area contributed by atoms with E-state index in [1.54, 1.807) is 0 Å². The zero-order valence-corrected chi connectivity index (χ0v) is 13.9. The van der Waals surface area contributed by atoms with E-state index in [0.717, 1.165) is 25.9 Å². The third-order valence-corrected chi connectivity index (χ3v) is 4.17. The van der Waals surface area contributed by atoms with Crippen LogP contribution in [-0.2, 0) is 9.59 Å². The number of amides is 1. The molecule has 1 rings (SSSR count). The monoisotopic (exact) mass is 298 g/mol. The van der Waals surface area contributed by atoms with E-state index in [0.29, 0.717) is 6.54 Å². The van der Waals surface area contributed by atoms with Crippen molar-refractivity contribution < 1.29 is 14.7 Å². The van der Waals surface area contributed by atoms with E-state index in [1.165, 1.54) is 12.8 Å². The molecule has 0 spiro atoms. The largest absolute Gasteiger partial charge is 0.481 e. The van der Waals surface area contributed by atoms with Crippen molar-refractivity contribution in [3.8, 4) is 0 Å². The number of likely N-dealkylation sites (tertiary alicyclic amines) is 1. The molecule has 0 bridgehead atoms. The molecule has 0 saturated carbocycles. The van der Waals surface area contributed by atoms with Crippen molar-refractivity contribution in [3.05, 3.63) is 0 Å². The third-order valence-electron chi connectivity index (χ3n) is 4.17. The summed E-state index contributed by atoms with van der Waals surface area (Å²) in [5, 5.41) is 8.91. The molecule has 0 radical (unpaired) electrons. The number of rotatable bonds is 5. The van der Waals surface area contributed by atoms with Gasteiger partial charge in [0.25, 0.3) is 0 Å². The van der Waals surface area contributed by atoms with E-state index in [1.807, 2.05) is 37.5 Å². The first-order chi connectivity index (χ1) is 9.73. The first-order valence-corrected chi connectivity index (χ1v) is 8.01. The first-order valence-electron chi connectivity index (χ1n) is 8.01. The minimum atomic E-state index is -0.821. The second-order valence-electron chi connectivity index (χ2n) is 6.92. The van der Waals surface area contributed by atoms with Gasteiger partial charge in [-0.15, -0.1) is 0 Å². The maximum absolute atomic E-state index is 12.7. The van der Waals surface area contributed by atoms with E-state index in [9.17, 15) is 9.59 Å². The van der Waals surface area contributed by atoms with Crippen LogP contribution in [0.1, 0.15) is 59.8 Å². The van der Waals surface area contributed by atoms with E-state index >= 15 is 0 Å². The van der Waals surface area contributed by atoms with Gasteiger partial charge in [0.05, 0.1) is 12.5 Å². The summed E-state index contributed by atoms with van der Waals surface area (Å²) >= 11 is 0. The molecule has 1 heterocycles. The van der Waals surface area contributed by atoms with Crippen LogP contribution in [0.25, 0.3) is 0 Å². The summed E-state index contributed by atoms with van der Waals surface area (Å²) < 4.78 is 0. The summed E-state index contributed by atoms with van der Waals surface area (Å²) in [7, 11) is 0. The average Bonchev–Trinajstić information content (AvgIpc) is 2.64. The van der Waals surface area contributed by atoms with Gasteiger partial charge in [-0.3, -0.25) is 14.5 Å². The Morgan fingerprint density at radius 3 is 2.10 bits per heavy atom. The van der Waals surface area contributed by atoms with Crippen LogP contribution in [-0.4, -0.2) is 58.0 Å². The van der Waals surface area contributed by atoms with Gasteiger partial charge in [0.1, 0.15) is 0 Å². The molecule has 5 heteroatoms. The van der Waals surface area contributed by atoms with Crippen molar-refractivity contribution >= 4 is 11.9 Å². The quantitative estimate of drug-likeness (QED) is 0.846. The Hall–Kier alpha value is -1.10. The van der Waals surface area contributed by atoms with Crippen molar-refractivity contribution in [1.29, 1.82) is 0 Å². The number of nitrogens with zero attached hydrogens (tertiary/aromatic N) is 2. The molecule has 1 N–H and O–H groups in total. The molecular weight excluding hydrogens is 268 g/mol. The lowest BCUT2D eigenvalue weighted by Gasteiger charge is -2.41. The molecule has 0 aromatic rings. The molecule has 0 aromatic carbocycles. The van der Waals surface area contributed by atoms with Crippen LogP contribution in [0, 0.1) is 0 Å². The number of carbonyl (C=O) groups is 2. The molecule has 1 fully saturated rings. The summed E-state index contributed by atoms with van der Waals surface area (Å²) in [6, 6.07) is -0.276. The Bertz CT molecular complexity index is 355. The average molecular weight is 298 g/mol. The molecule has 122 valence electrons. The standard InChI is InChI=1S/C16H30N2O3/c1-13(15(21)17-10-7-5-6-8-11-17)18(16(2,3)4)12-9-14(19)20/h13H,5-12H2,1-4H3,(H,19,20). The van der Waals surface area contributed by atoms with Crippen molar-refractivity contribution in [3.63, 3.8) is 0 Å². The van der Waals surface area contributed by atoms with Gasteiger partial charge in [0.15, 0.2) is 0 Å². The molecule has 1 amide bonds. The molecule has 0 aliphatic carbocycles. The number of carbonyl (C=O) groups excluding carboxylic acids is 1. The maximum Gasteiger partial charge on any atom is 0.304 e. The lowest BCUT2D eigenvalue weighted by Crippen LogP contribution is -2.54. The summed E-state index contributed by atoms with van der Waals surface area (Å²) in [6.45, 7) is 10.1. The highest BCUT2D eigenvalue weighted by Crippen LogP contribution is 2.20. The van der Waals surface area contributed by atoms with Crippen LogP contribution in [0.3, 0.4) is 0 Å². The van der Waals surface area contributed by atoms with E-state index in [4.69, 9.17) is 5.11 Å². The second kappa shape index (κ2) is 7.78. The fraction of sp³-hybridized carbons (Fsp3) is 0.875. The van der Waals surface area contributed by atoms with E-state index in [2.05, 4.69) is 0 Å². The highest BCUT2D eigenvalue weighted by Gasteiger charge is 2.33. The Morgan fingerprint density at radius 2 is 1.67 bits per heavy atom. The predicted molar refractivity (Wildman–Crippen MR) is 83.2 cm³/mol. The fourth-order valence-corrected chi connectivity index (χ4v) is 3.01. The van der Waals surface area contributed by atoms with Crippen molar-refractivity contribution in [1.82, 2.24) is 9.80 Å². The van der Waals surface area contributed by atoms with Crippen LogP contribution >= 0.6 is 0 Å². The molecule has 1 aliphatic rings. The lowest BCUT2D eigenvalue weighted by molar-refractivity contribution is -0.142. The fourth-order valence-electron chi connectivity index (χ4n) is 3.01. The highest BCUT2D eigenvalue weighted by atomic mass is 16.4. The van der Waals surface area contributed by atoms with Crippen LogP contribution in [0.15, 0.2) is 0 Å². The van der Waals surface area contributed by atoms with Gasteiger partial charge >= 0.3 is 5.97 Å². The number of aliphatic carboxylic acids is 1. The molecular formula is C16H30N2O3. The number of carboxylic acids is 1. The maximum atomic E-state index is 12.7. The van der Waals surface area contributed by atoms with Gasteiger partial charge in [0.2, 0.25) is 5.91 Å². The predicted octanol–water partition coefficient (Wildman–Crippen LogP) is 2.35. The third kappa shape index (κ3) is 5.65. The Balaban J connectivity index is 2.75. The van der Waals surface area contributed by atoms with E-state index < -0.39 is 5.97 Å². The normalized spacial score (nSPS) is 18.4. The highest BCUT2D eigenvalue weighted by molar-refractivity contribution is 5.81. The summed E-state index contributed by atoms with van der Waals surface area (Å²) in [4.78, 5) is 27.5. The molecule has 5 nitrogen and oxygen atoms in total. The number of hydrogen-bond acceptors (Lipinski definition) is 3. The zero-order valence-electron chi connectivity index (χ0n) is 13.9. The Morgan fingerprint density at radius 1 is 1.14 bits per heavy atom. The first kappa shape index (κ1) is 18.0. The Labute approximate surface area is 128 Å². The van der Waals surface area contributed by atoms with Crippen LogP contribution in [0.4, 0.5) is 0 Å². The van der Waals surface area contributed by atoms with Crippen LogP contribution in [0.2, 0.25) is 0 Å².